The normalized spacial score (nSPS) is 18.6. The number of amides is 1. The van der Waals surface area contributed by atoms with Gasteiger partial charge in [0.2, 0.25) is 5.91 Å². The van der Waals surface area contributed by atoms with E-state index in [0.717, 1.165) is 6.42 Å². The zero-order valence-corrected chi connectivity index (χ0v) is 12.6. The molecule has 0 aliphatic carbocycles. The van der Waals surface area contributed by atoms with Crippen molar-refractivity contribution in [3.8, 4) is 11.1 Å². The molecule has 0 bridgehead atoms. The first kappa shape index (κ1) is 13.9. The Labute approximate surface area is 126 Å². The van der Waals surface area contributed by atoms with Gasteiger partial charge in [-0.1, -0.05) is 68.4 Å². The molecule has 1 N–H and O–H groups in total. The Bertz CT molecular complexity index is 628. The van der Waals surface area contributed by atoms with Crippen LogP contribution < -0.4 is 5.32 Å². The highest BCUT2D eigenvalue weighted by molar-refractivity contribution is 5.78. The number of hydrogen-bond donors (Lipinski definition) is 1. The molecular weight excluding hydrogens is 258 g/mol. The van der Waals surface area contributed by atoms with Gasteiger partial charge in [0.1, 0.15) is 0 Å². The lowest BCUT2D eigenvalue weighted by atomic mass is 9.77. The molecule has 0 radical (unpaired) electrons. The topological polar surface area (TPSA) is 29.1 Å². The van der Waals surface area contributed by atoms with Crippen LogP contribution in [0.5, 0.6) is 0 Å². The van der Waals surface area contributed by atoms with Gasteiger partial charge in [-0.15, -0.1) is 0 Å². The van der Waals surface area contributed by atoms with Gasteiger partial charge in [0.15, 0.2) is 0 Å². The van der Waals surface area contributed by atoms with Gasteiger partial charge >= 0.3 is 0 Å². The fourth-order valence-corrected chi connectivity index (χ4v) is 3.08. The van der Waals surface area contributed by atoms with Crippen LogP contribution in [0.25, 0.3) is 11.1 Å². The summed E-state index contributed by atoms with van der Waals surface area (Å²) >= 11 is 0. The number of nitrogens with one attached hydrogen (secondary N) is 1. The van der Waals surface area contributed by atoms with Crippen molar-refractivity contribution < 1.29 is 4.79 Å². The summed E-state index contributed by atoms with van der Waals surface area (Å²) in [6, 6.07) is 19.3. The molecule has 2 nitrogen and oxygen atoms in total. The minimum absolute atomic E-state index is 0.0403. The summed E-state index contributed by atoms with van der Waals surface area (Å²) in [4.78, 5) is 11.5. The van der Waals surface area contributed by atoms with Crippen LogP contribution in [0.1, 0.15) is 32.3 Å². The van der Waals surface area contributed by atoms with Gasteiger partial charge in [-0.2, -0.15) is 0 Å². The fraction of sp³-hybridized carbons (Fsp3) is 0.316. The van der Waals surface area contributed by atoms with Gasteiger partial charge in [-0.05, 0) is 23.1 Å². The summed E-state index contributed by atoms with van der Waals surface area (Å²) in [5.74, 6) is 0.175. The smallest absolute Gasteiger partial charge is 0.220 e. The molecule has 1 aliphatic rings. The average Bonchev–Trinajstić information content (AvgIpc) is 2.96. The van der Waals surface area contributed by atoms with Gasteiger partial charge in [-0.3, -0.25) is 4.79 Å². The lowest BCUT2D eigenvalue weighted by Crippen LogP contribution is -2.41. The third-order valence-electron chi connectivity index (χ3n) is 4.60. The Morgan fingerprint density at radius 1 is 0.952 bits per heavy atom. The van der Waals surface area contributed by atoms with E-state index in [1.54, 1.807) is 0 Å². The highest BCUT2D eigenvalue weighted by atomic mass is 16.1. The second kappa shape index (κ2) is 5.36. The summed E-state index contributed by atoms with van der Waals surface area (Å²) in [5.41, 5.74) is 3.69. The third-order valence-corrected chi connectivity index (χ3v) is 4.60. The largest absolute Gasteiger partial charge is 0.352 e. The molecule has 1 amide bonds. The van der Waals surface area contributed by atoms with Crippen molar-refractivity contribution in [2.45, 2.75) is 38.1 Å². The van der Waals surface area contributed by atoms with Crippen LogP contribution >= 0.6 is 0 Å². The van der Waals surface area contributed by atoms with Gasteiger partial charge in [0.25, 0.3) is 0 Å². The Hall–Kier alpha value is -2.09. The molecule has 0 spiro atoms. The first-order chi connectivity index (χ1) is 10.1. The van der Waals surface area contributed by atoms with E-state index in [-0.39, 0.29) is 17.4 Å². The fourth-order valence-electron chi connectivity index (χ4n) is 3.08. The van der Waals surface area contributed by atoms with E-state index in [1.165, 1.54) is 16.7 Å². The maximum absolute atomic E-state index is 11.5. The second-order valence-corrected chi connectivity index (χ2v) is 6.32. The maximum Gasteiger partial charge on any atom is 0.220 e. The van der Waals surface area contributed by atoms with Crippen LogP contribution in [0.4, 0.5) is 0 Å². The molecule has 2 aromatic rings. The lowest BCUT2D eigenvalue weighted by molar-refractivity contribution is -0.119. The minimum atomic E-state index is -0.0403. The van der Waals surface area contributed by atoms with Gasteiger partial charge in [-0.25, -0.2) is 0 Å². The molecule has 2 aromatic carbocycles. The third kappa shape index (κ3) is 2.71. The molecule has 21 heavy (non-hydrogen) atoms. The molecular formula is C19H21NO. The SMILES string of the molecule is CC(C)(c1ccc(-c2ccccc2)cc1)[C@@H]1CCC(=O)N1. The zero-order valence-electron chi connectivity index (χ0n) is 12.6. The van der Waals surface area contributed by atoms with E-state index in [1.807, 2.05) is 6.07 Å². The van der Waals surface area contributed by atoms with E-state index in [4.69, 9.17) is 0 Å². The van der Waals surface area contributed by atoms with Crippen molar-refractivity contribution in [2.75, 3.05) is 0 Å². The standard InChI is InChI=1S/C19H21NO/c1-19(2,17-12-13-18(21)20-17)16-10-8-15(9-11-16)14-6-4-3-5-7-14/h3-11,17H,12-13H2,1-2H3,(H,20,21)/t17-/m0/s1. The van der Waals surface area contributed by atoms with Crippen molar-refractivity contribution in [3.63, 3.8) is 0 Å². The molecule has 0 unspecified atom stereocenters. The molecule has 1 fully saturated rings. The summed E-state index contributed by atoms with van der Waals surface area (Å²) in [5, 5.41) is 3.10. The predicted molar refractivity (Wildman–Crippen MR) is 86.1 cm³/mol. The van der Waals surface area contributed by atoms with E-state index >= 15 is 0 Å². The summed E-state index contributed by atoms with van der Waals surface area (Å²) < 4.78 is 0. The van der Waals surface area contributed by atoms with Crippen molar-refractivity contribution in [1.82, 2.24) is 5.32 Å². The Kier molecular flexibility index (Phi) is 3.54. The Morgan fingerprint density at radius 3 is 2.14 bits per heavy atom. The molecule has 0 aromatic heterocycles. The molecule has 3 rings (SSSR count). The van der Waals surface area contributed by atoms with Crippen molar-refractivity contribution in [2.24, 2.45) is 0 Å². The Balaban J connectivity index is 1.85. The summed E-state index contributed by atoms with van der Waals surface area (Å²) in [6.07, 6.45) is 1.57. The van der Waals surface area contributed by atoms with E-state index < -0.39 is 0 Å². The quantitative estimate of drug-likeness (QED) is 0.906. The molecule has 1 saturated heterocycles. The van der Waals surface area contributed by atoms with Crippen LogP contribution in [-0.2, 0) is 10.2 Å². The van der Waals surface area contributed by atoms with Gasteiger partial charge in [0, 0.05) is 17.9 Å². The number of carbonyl (C=O) groups excluding carboxylic acids is 1. The van der Waals surface area contributed by atoms with E-state index in [2.05, 4.69) is 67.7 Å². The molecule has 0 saturated carbocycles. The molecule has 1 aliphatic heterocycles. The highest BCUT2D eigenvalue weighted by Crippen LogP contribution is 2.33. The minimum Gasteiger partial charge on any atom is -0.352 e. The number of rotatable bonds is 3. The number of carbonyl (C=O) groups is 1. The van der Waals surface area contributed by atoms with Crippen molar-refractivity contribution in [3.05, 3.63) is 60.2 Å². The zero-order chi connectivity index (χ0) is 14.9. The first-order valence-corrected chi connectivity index (χ1v) is 7.53. The van der Waals surface area contributed by atoms with Crippen LogP contribution in [-0.4, -0.2) is 11.9 Å². The first-order valence-electron chi connectivity index (χ1n) is 7.53. The average molecular weight is 279 g/mol. The Morgan fingerprint density at radius 2 is 1.57 bits per heavy atom. The number of hydrogen-bond acceptors (Lipinski definition) is 1. The van der Waals surface area contributed by atoms with E-state index in [9.17, 15) is 4.79 Å². The maximum atomic E-state index is 11.5. The molecule has 1 heterocycles. The lowest BCUT2D eigenvalue weighted by Gasteiger charge is -2.32. The van der Waals surface area contributed by atoms with Crippen LogP contribution in [0.15, 0.2) is 54.6 Å². The number of benzene rings is 2. The molecule has 1 atom stereocenters. The van der Waals surface area contributed by atoms with Crippen molar-refractivity contribution in [1.29, 1.82) is 0 Å². The monoisotopic (exact) mass is 279 g/mol. The van der Waals surface area contributed by atoms with Gasteiger partial charge in [0.05, 0.1) is 0 Å². The van der Waals surface area contributed by atoms with E-state index in [0.29, 0.717) is 6.42 Å². The summed E-state index contributed by atoms with van der Waals surface area (Å²) in [7, 11) is 0. The van der Waals surface area contributed by atoms with Crippen LogP contribution in [0.3, 0.4) is 0 Å². The predicted octanol–water partition coefficient (Wildman–Crippen LogP) is 3.91. The second-order valence-electron chi connectivity index (χ2n) is 6.32. The van der Waals surface area contributed by atoms with Crippen LogP contribution in [0, 0.1) is 0 Å². The van der Waals surface area contributed by atoms with Crippen molar-refractivity contribution >= 4 is 5.91 Å². The molecule has 2 heteroatoms. The summed E-state index contributed by atoms with van der Waals surface area (Å²) in [6.45, 7) is 4.42. The van der Waals surface area contributed by atoms with Crippen LogP contribution in [0.2, 0.25) is 0 Å². The van der Waals surface area contributed by atoms with Gasteiger partial charge < -0.3 is 5.32 Å². The highest BCUT2D eigenvalue weighted by Gasteiger charge is 2.35. The molecule has 108 valence electrons.